The third-order valence-corrected chi connectivity index (χ3v) is 4.41. The lowest BCUT2D eigenvalue weighted by molar-refractivity contribution is -0.137. The van der Waals surface area contributed by atoms with Crippen molar-refractivity contribution in [2.45, 2.75) is 19.0 Å². The van der Waals surface area contributed by atoms with E-state index in [4.69, 9.17) is 0 Å². The summed E-state index contributed by atoms with van der Waals surface area (Å²) >= 11 is 0. The molecule has 8 heteroatoms. The molecular weight excluding hydrogens is 369 g/mol. The van der Waals surface area contributed by atoms with Crippen molar-refractivity contribution in [3.8, 4) is 11.3 Å². The van der Waals surface area contributed by atoms with Gasteiger partial charge in [-0.15, -0.1) is 0 Å². The molecule has 4 aromatic rings. The summed E-state index contributed by atoms with van der Waals surface area (Å²) in [4.78, 5) is 26.4. The summed E-state index contributed by atoms with van der Waals surface area (Å²) in [6, 6.07) is 12.4. The maximum Gasteiger partial charge on any atom is 0.417 e. The number of alkyl halides is 3. The third kappa shape index (κ3) is 3.53. The lowest BCUT2D eigenvalue weighted by atomic mass is 10.1. The van der Waals surface area contributed by atoms with Crippen LogP contribution in [0.3, 0.4) is 0 Å². The molecule has 0 saturated heterocycles. The van der Waals surface area contributed by atoms with Crippen LogP contribution < -0.4 is 5.56 Å². The van der Waals surface area contributed by atoms with Gasteiger partial charge >= 0.3 is 6.18 Å². The standard InChI is InChI=1S/C20H15F3N4O/c21-20(22,23)14-7-3-1-5-12(14)16-11-24-17(26-16)9-10-18-25-15-8-4-2-6-13(15)19(28)27-18/h1-8,11H,9-10H2,(H,24,26)(H,25,27,28). The fraction of sp³-hybridized carbons (Fsp3) is 0.150. The molecule has 142 valence electrons. The van der Waals surface area contributed by atoms with Gasteiger partial charge in [-0.25, -0.2) is 9.97 Å². The Morgan fingerprint density at radius 2 is 1.61 bits per heavy atom. The van der Waals surface area contributed by atoms with E-state index in [-0.39, 0.29) is 11.1 Å². The number of benzene rings is 2. The number of H-pyrrole nitrogens is 2. The van der Waals surface area contributed by atoms with E-state index in [9.17, 15) is 18.0 Å². The van der Waals surface area contributed by atoms with Crippen LogP contribution in [0.4, 0.5) is 13.2 Å². The predicted octanol–water partition coefficient (Wildman–Crippen LogP) is 4.12. The zero-order chi connectivity index (χ0) is 19.7. The summed E-state index contributed by atoms with van der Waals surface area (Å²) in [7, 11) is 0. The number of rotatable bonds is 4. The lowest BCUT2D eigenvalue weighted by Crippen LogP contribution is -2.12. The van der Waals surface area contributed by atoms with E-state index < -0.39 is 11.7 Å². The van der Waals surface area contributed by atoms with Gasteiger partial charge < -0.3 is 9.97 Å². The summed E-state index contributed by atoms with van der Waals surface area (Å²) in [6.45, 7) is 0. The number of hydrogen-bond donors (Lipinski definition) is 2. The number of fused-ring (bicyclic) bond motifs is 1. The molecule has 0 radical (unpaired) electrons. The average Bonchev–Trinajstić information content (AvgIpc) is 3.15. The maximum atomic E-state index is 13.2. The van der Waals surface area contributed by atoms with Crippen LogP contribution in [0.5, 0.6) is 0 Å². The second kappa shape index (κ2) is 6.95. The Hall–Kier alpha value is -3.42. The van der Waals surface area contributed by atoms with Gasteiger partial charge in [0.15, 0.2) is 0 Å². The summed E-state index contributed by atoms with van der Waals surface area (Å²) in [5.41, 5.74) is -0.0000656. The van der Waals surface area contributed by atoms with Gasteiger partial charge in [-0.05, 0) is 18.2 Å². The van der Waals surface area contributed by atoms with Crippen LogP contribution in [0, 0.1) is 0 Å². The Morgan fingerprint density at radius 3 is 2.43 bits per heavy atom. The van der Waals surface area contributed by atoms with Gasteiger partial charge in [0.05, 0.1) is 28.4 Å². The minimum atomic E-state index is -4.45. The molecule has 4 rings (SSSR count). The Kier molecular flexibility index (Phi) is 4.46. The molecule has 0 aliphatic carbocycles. The van der Waals surface area contributed by atoms with E-state index in [0.717, 1.165) is 6.07 Å². The van der Waals surface area contributed by atoms with Crippen molar-refractivity contribution in [1.82, 2.24) is 19.9 Å². The van der Waals surface area contributed by atoms with E-state index in [1.807, 2.05) is 0 Å². The first-order chi connectivity index (χ1) is 13.4. The molecule has 28 heavy (non-hydrogen) atoms. The summed E-state index contributed by atoms with van der Waals surface area (Å²) in [6.07, 6.45) is -2.27. The minimum absolute atomic E-state index is 0.0472. The number of aromatic amines is 2. The molecule has 0 bridgehead atoms. The molecule has 2 aromatic heterocycles. The fourth-order valence-electron chi connectivity index (χ4n) is 3.08. The number of nitrogens with zero attached hydrogens (tertiary/aromatic N) is 2. The van der Waals surface area contributed by atoms with Crippen LogP contribution in [0.25, 0.3) is 22.2 Å². The Labute approximate surface area is 157 Å². The number of aryl methyl sites for hydroxylation is 2. The molecule has 0 aliphatic rings. The minimum Gasteiger partial charge on any atom is -0.342 e. The highest BCUT2D eigenvalue weighted by atomic mass is 19.4. The summed E-state index contributed by atoms with van der Waals surface area (Å²) < 4.78 is 39.6. The normalized spacial score (nSPS) is 11.8. The van der Waals surface area contributed by atoms with Crippen LogP contribution in [-0.4, -0.2) is 19.9 Å². The predicted molar refractivity (Wildman–Crippen MR) is 98.8 cm³/mol. The highest BCUT2D eigenvalue weighted by Crippen LogP contribution is 2.36. The molecule has 0 fully saturated rings. The molecule has 5 nitrogen and oxygen atoms in total. The molecule has 0 amide bonds. The highest BCUT2D eigenvalue weighted by molar-refractivity contribution is 5.77. The lowest BCUT2D eigenvalue weighted by Gasteiger charge is -2.11. The van der Waals surface area contributed by atoms with Crippen LogP contribution in [0.2, 0.25) is 0 Å². The van der Waals surface area contributed by atoms with E-state index in [1.165, 1.54) is 18.3 Å². The van der Waals surface area contributed by atoms with E-state index in [0.29, 0.717) is 41.1 Å². The number of halogens is 3. The SMILES string of the molecule is O=c1[nH]c(CCc2ncc(-c3ccccc3C(F)(F)F)[nH]2)nc2ccccc12. The van der Waals surface area contributed by atoms with Gasteiger partial charge in [0, 0.05) is 18.4 Å². The number of nitrogens with one attached hydrogen (secondary N) is 2. The van der Waals surface area contributed by atoms with Crippen LogP contribution in [-0.2, 0) is 19.0 Å². The molecular formula is C20H15F3N4O. The third-order valence-electron chi connectivity index (χ3n) is 4.41. The number of aromatic nitrogens is 4. The maximum absolute atomic E-state index is 13.2. The zero-order valence-corrected chi connectivity index (χ0v) is 14.5. The topological polar surface area (TPSA) is 74.4 Å². The second-order valence-electron chi connectivity index (χ2n) is 6.32. The molecule has 2 N–H and O–H groups in total. The summed E-state index contributed by atoms with van der Waals surface area (Å²) in [5.74, 6) is 1.01. The Balaban J connectivity index is 1.56. The first kappa shape index (κ1) is 18.0. The average molecular weight is 384 g/mol. The second-order valence-corrected chi connectivity index (χ2v) is 6.32. The van der Waals surface area contributed by atoms with Crippen molar-refractivity contribution in [3.05, 3.63) is 82.3 Å². The largest absolute Gasteiger partial charge is 0.417 e. The molecule has 2 heterocycles. The van der Waals surface area contributed by atoms with Crippen LogP contribution in [0.15, 0.2) is 59.5 Å². The van der Waals surface area contributed by atoms with Crippen LogP contribution in [0.1, 0.15) is 17.2 Å². The van der Waals surface area contributed by atoms with Crippen molar-refractivity contribution < 1.29 is 13.2 Å². The van der Waals surface area contributed by atoms with Gasteiger partial charge in [0.25, 0.3) is 5.56 Å². The first-order valence-corrected chi connectivity index (χ1v) is 8.60. The van der Waals surface area contributed by atoms with Crippen LogP contribution >= 0.6 is 0 Å². The van der Waals surface area contributed by atoms with E-state index >= 15 is 0 Å². The monoisotopic (exact) mass is 384 g/mol. The van der Waals surface area contributed by atoms with Crippen molar-refractivity contribution in [2.75, 3.05) is 0 Å². The van der Waals surface area contributed by atoms with Gasteiger partial charge in [-0.1, -0.05) is 30.3 Å². The quantitative estimate of drug-likeness (QED) is 0.556. The van der Waals surface area contributed by atoms with Crippen molar-refractivity contribution in [1.29, 1.82) is 0 Å². The van der Waals surface area contributed by atoms with Gasteiger partial charge in [0.2, 0.25) is 0 Å². The Bertz CT molecular complexity index is 1190. The summed E-state index contributed by atoms with van der Waals surface area (Å²) in [5, 5.41) is 0.510. The first-order valence-electron chi connectivity index (χ1n) is 8.60. The smallest absolute Gasteiger partial charge is 0.342 e. The number of para-hydroxylation sites is 1. The van der Waals surface area contributed by atoms with Gasteiger partial charge in [-0.2, -0.15) is 13.2 Å². The van der Waals surface area contributed by atoms with Crippen molar-refractivity contribution >= 4 is 10.9 Å². The van der Waals surface area contributed by atoms with E-state index in [1.54, 1.807) is 30.3 Å². The molecule has 0 unspecified atom stereocenters. The molecule has 2 aromatic carbocycles. The van der Waals surface area contributed by atoms with Gasteiger partial charge in [0.1, 0.15) is 11.6 Å². The molecule has 0 aliphatic heterocycles. The molecule has 0 spiro atoms. The van der Waals surface area contributed by atoms with Crippen molar-refractivity contribution in [3.63, 3.8) is 0 Å². The fourth-order valence-corrected chi connectivity index (χ4v) is 3.08. The van der Waals surface area contributed by atoms with E-state index in [2.05, 4.69) is 19.9 Å². The number of imidazole rings is 1. The zero-order valence-electron chi connectivity index (χ0n) is 14.5. The highest BCUT2D eigenvalue weighted by Gasteiger charge is 2.33. The molecule has 0 atom stereocenters. The molecule has 0 saturated carbocycles. The Morgan fingerprint density at radius 1 is 0.893 bits per heavy atom. The van der Waals surface area contributed by atoms with Crippen molar-refractivity contribution in [2.24, 2.45) is 0 Å². The number of hydrogen-bond acceptors (Lipinski definition) is 3. The van der Waals surface area contributed by atoms with Gasteiger partial charge in [-0.3, -0.25) is 4.79 Å².